The van der Waals surface area contributed by atoms with Crippen molar-refractivity contribution in [2.24, 2.45) is 5.73 Å². The van der Waals surface area contributed by atoms with Crippen LogP contribution in [0.4, 0.5) is 23.1 Å². The molecule has 0 radical (unpaired) electrons. The molecule has 0 saturated carbocycles. The van der Waals surface area contributed by atoms with Gasteiger partial charge in [-0.05, 0) is 43.2 Å². The van der Waals surface area contributed by atoms with Gasteiger partial charge in [0.2, 0.25) is 5.95 Å². The number of anilines is 4. The Labute approximate surface area is 164 Å². The lowest BCUT2D eigenvalue weighted by molar-refractivity contribution is 0.151. The van der Waals surface area contributed by atoms with Crippen LogP contribution in [0.2, 0.25) is 0 Å². The lowest BCUT2D eigenvalue weighted by Crippen LogP contribution is -2.17. The Kier molecular flexibility index (Phi) is 5.89. The highest BCUT2D eigenvalue weighted by atomic mass is 16.5. The summed E-state index contributed by atoms with van der Waals surface area (Å²) in [4.78, 5) is 14.8. The van der Waals surface area contributed by atoms with Crippen LogP contribution in [-0.4, -0.2) is 54.3 Å². The lowest BCUT2D eigenvalue weighted by Gasteiger charge is -2.18. The van der Waals surface area contributed by atoms with Crippen LogP contribution in [0.3, 0.4) is 0 Å². The molecular weight excluding hydrogens is 354 g/mol. The fourth-order valence-electron chi connectivity index (χ4n) is 3.42. The van der Waals surface area contributed by atoms with Crippen LogP contribution in [0.25, 0.3) is 11.0 Å². The van der Waals surface area contributed by atoms with E-state index >= 15 is 0 Å². The molecule has 0 spiro atoms. The zero-order chi connectivity index (χ0) is 19.2. The monoisotopic (exact) mass is 381 g/mol. The lowest BCUT2D eigenvalue weighted by atomic mass is 10.2. The molecule has 5 N–H and O–H groups in total. The minimum absolute atomic E-state index is 0.528. The van der Waals surface area contributed by atoms with Crippen molar-refractivity contribution in [2.75, 3.05) is 54.9 Å². The Bertz CT molecular complexity index is 887. The summed E-state index contributed by atoms with van der Waals surface area (Å²) in [5.41, 5.74) is 8.46. The second kappa shape index (κ2) is 8.90. The summed E-state index contributed by atoms with van der Waals surface area (Å²) in [5, 5.41) is 7.58. The number of hydrogen-bond donors (Lipinski definition) is 4. The summed E-state index contributed by atoms with van der Waals surface area (Å²) >= 11 is 0. The van der Waals surface area contributed by atoms with Gasteiger partial charge in [-0.2, -0.15) is 9.97 Å². The summed E-state index contributed by atoms with van der Waals surface area (Å²) < 4.78 is 5.42. The van der Waals surface area contributed by atoms with Crippen molar-refractivity contribution in [1.29, 1.82) is 0 Å². The maximum absolute atomic E-state index is 5.44. The van der Waals surface area contributed by atoms with Crippen molar-refractivity contribution in [2.45, 2.75) is 12.8 Å². The summed E-state index contributed by atoms with van der Waals surface area (Å²) in [5.74, 6) is 1.33. The number of fused-ring (bicyclic) bond motifs is 1. The minimum Gasteiger partial charge on any atom is -0.378 e. The average Bonchev–Trinajstić information content (AvgIpc) is 3.40. The molecule has 3 heterocycles. The number of benzene rings is 1. The standard InChI is InChI=1S/C20H27N7O/c21-8-13-28-14-10-23-19-17-7-9-22-18(17)25-20(26-19)24-15-3-5-16(6-4-15)27-11-1-2-12-27/h3-7,9H,1-2,8,10-14,21H2,(H3,22,23,24,25,26). The number of nitrogens with zero attached hydrogens (tertiary/aromatic N) is 3. The Hall–Kier alpha value is -2.84. The first-order valence-corrected chi connectivity index (χ1v) is 9.82. The second-order valence-corrected chi connectivity index (χ2v) is 6.83. The first kappa shape index (κ1) is 18.5. The number of H-pyrrole nitrogens is 1. The van der Waals surface area contributed by atoms with E-state index in [1.807, 2.05) is 12.3 Å². The third kappa shape index (κ3) is 4.35. The SMILES string of the molecule is NCCOCCNc1nc(Nc2ccc(N3CCCC3)cc2)nc2[nH]ccc12. The van der Waals surface area contributed by atoms with E-state index in [9.17, 15) is 0 Å². The highest BCUT2D eigenvalue weighted by Gasteiger charge is 2.12. The number of ether oxygens (including phenoxy) is 1. The quantitative estimate of drug-likeness (QED) is 0.423. The highest BCUT2D eigenvalue weighted by molar-refractivity contribution is 5.88. The van der Waals surface area contributed by atoms with E-state index in [4.69, 9.17) is 10.5 Å². The Morgan fingerprint density at radius 2 is 1.89 bits per heavy atom. The first-order valence-electron chi connectivity index (χ1n) is 9.82. The van der Waals surface area contributed by atoms with Gasteiger partial charge in [0.15, 0.2) is 0 Å². The maximum atomic E-state index is 5.44. The van der Waals surface area contributed by atoms with E-state index in [1.165, 1.54) is 18.5 Å². The molecule has 28 heavy (non-hydrogen) atoms. The summed E-state index contributed by atoms with van der Waals surface area (Å²) in [6.45, 7) is 4.60. The van der Waals surface area contributed by atoms with Crippen molar-refractivity contribution in [3.05, 3.63) is 36.5 Å². The summed E-state index contributed by atoms with van der Waals surface area (Å²) in [6.07, 6.45) is 4.41. The number of rotatable bonds is 9. The Morgan fingerprint density at radius 1 is 1.07 bits per heavy atom. The normalized spacial score (nSPS) is 14.0. The van der Waals surface area contributed by atoms with Crippen LogP contribution < -0.4 is 21.3 Å². The van der Waals surface area contributed by atoms with Crippen LogP contribution in [0.5, 0.6) is 0 Å². The second-order valence-electron chi connectivity index (χ2n) is 6.83. The van der Waals surface area contributed by atoms with Crippen molar-refractivity contribution < 1.29 is 4.74 Å². The van der Waals surface area contributed by atoms with Gasteiger partial charge in [0.05, 0.1) is 18.6 Å². The van der Waals surface area contributed by atoms with Crippen molar-refractivity contribution in [1.82, 2.24) is 15.0 Å². The van der Waals surface area contributed by atoms with Crippen molar-refractivity contribution >= 4 is 34.2 Å². The minimum atomic E-state index is 0.528. The molecule has 0 unspecified atom stereocenters. The predicted octanol–water partition coefficient (Wildman–Crippen LogP) is 2.69. The van der Waals surface area contributed by atoms with E-state index in [0.29, 0.717) is 32.3 Å². The van der Waals surface area contributed by atoms with Gasteiger partial charge in [-0.15, -0.1) is 0 Å². The van der Waals surface area contributed by atoms with Gasteiger partial charge in [0.25, 0.3) is 0 Å². The maximum Gasteiger partial charge on any atom is 0.231 e. The molecule has 0 aliphatic carbocycles. The molecule has 1 saturated heterocycles. The molecule has 8 nitrogen and oxygen atoms in total. The molecule has 3 aromatic rings. The molecule has 0 atom stereocenters. The number of aromatic nitrogens is 3. The van der Waals surface area contributed by atoms with Crippen molar-refractivity contribution in [3.63, 3.8) is 0 Å². The highest BCUT2D eigenvalue weighted by Crippen LogP contribution is 2.25. The molecule has 0 bridgehead atoms. The molecule has 1 aliphatic heterocycles. The molecule has 148 valence electrons. The average molecular weight is 381 g/mol. The summed E-state index contributed by atoms with van der Waals surface area (Å²) in [6, 6.07) is 10.4. The van der Waals surface area contributed by atoms with Gasteiger partial charge in [-0.25, -0.2) is 0 Å². The molecule has 0 amide bonds. The van der Waals surface area contributed by atoms with Crippen LogP contribution in [0.1, 0.15) is 12.8 Å². The van der Waals surface area contributed by atoms with Crippen LogP contribution in [0, 0.1) is 0 Å². The van der Waals surface area contributed by atoms with Gasteiger partial charge in [0, 0.05) is 43.8 Å². The van der Waals surface area contributed by atoms with Gasteiger partial charge in [-0.3, -0.25) is 0 Å². The zero-order valence-electron chi connectivity index (χ0n) is 15.9. The largest absolute Gasteiger partial charge is 0.378 e. The first-order chi connectivity index (χ1) is 13.8. The van der Waals surface area contributed by atoms with E-state index < -0.39 is 0 Å². The molecule has 2 aromatic heterocycles. The number of hydrogen-bond acceptors (Lipinski definition) is 7. The Balaban J connectivity index is 1.45. The van der Waals surface area contributed by atoms with E-state index in [-0.39, 0.29) is 0 Å². The molecule has 1 aliphatic rings. The topological polar surface area (TPSA) is 104 Å². The molecule has 8 heteroatoms. The van der Waals surface area contributed by atoms with Crippen molar-refractivity contribution in [3.8, 4) is 0 Å². The Morgan fingerprint density at radius 3 is 2.68 bits per heavy atom. The third-order valence-electron chi connectivity index (χ3n) is 4.81. The molecule has 1 aromatic carbocycles. The van der Waals surface area contributed by atoms with Gasteiger partial charge < -0.3 is 31.0 Å². The smallest absolute Gasteiger partial charge is 0.231 e. The molecule has 1 fully saturated rings. The zero-order valence-corrected chi connectivity index (χ0v) is 15.9. The molecular formula is C20H27N7O. The third-order valence-corrected chi connectivity index (χ3v) is 4.81. The van der Waals surface area contributed by atoms with Crippen LogP contribution in [-0.2, 0) is 4.74 Å². The molecule has 4 rings (SSSR count). The summed E-state index contributed by atoms with van der Waals surface area (Å²) in [7, 11) is 0. The van der Waals surface area contributed by atoms with E-state index in [1.54, 1.807) is 0 Å². The predicted molar refractivity (Wildman–Crippen MR) is 113 cm³/mol. The van der Waals surface area contributed by atoms with Gasteiger partial charge in [0.1, 0.15) is 11.5 Å². The van der Waals surface area contributed by atoms with Gasteiger partial charge >= 0.3 is 0 Å². The van der Waals surface area contributed by atoms with Gasteiger partial charge in [-0.1, -0.05) is 0 Å². The fourth-order valence-corrected chi connectivity index (χ4v) is 3.42. The van der Waals surface area contributed by atoms with E-state index in [2.05, 4.69) is 54.8 Å². The number of nitrogens with two attached hydrogens (primary N) is 1. The van der Waals surface area contributed by atoms with E-state index in [0.717, 1.165) is 35.6 Å². The van der Waals surface area contributed by atoms with Crippen LogP contribution >= 0.6 is 0 Å². The number of aromatic amines is 1. The number of nitrogens with one attached hydrogen (secondary N) is 3. The fraction of sp³-hybridized carbons (Fsp3) is 0.400. The van der Waals surface area contributed by atoms with Crippen LogP contribution in [0.15, 0.2) is 36.5 Å².